The van der Waals surface area contributed by atoms with Gasteiger partial charge in [0.2, 0.25) is 0 Å². The summed E-state index contributed by atoms with van der Waals surface area (Å²) in [5.74, 6) is 1.61. The lowest BCUT2D eigenvalue weighted by Gasteiger charge is -2.12. The van der Waals surface area contributed by atoms with Gasteiger partial charge in [-0.3, -0.25) is 0 Å². The Morgan fingerprint density at radius 3 is 1.90 bits per heavy atom. The summed E-state index contributed by atoms with van der Waals surface area (Å²) in [5, 5.41) is 0. The Morgan fingerprint density at radius 1 is 0.857 bits per heavy atom. The van der Waals surface area contributed by atoms with Gasteiger partial charge in [-0.25, -0.2) is 0 Å². The fourth-order valence-electron chi connectivity index (χ4n) is 2.42. The predicted molar refractivity (Wildman–Crippen MR) is 93.4 cm³/mol. The summed E-state index contributed by atoms with van der Waals surface area (Å²) in [7, 11) is 1.70. The van der Waals surface area contributed by atoms with Gasteiger partial charge >= 0.3 is 0 Å². The zero-order valence-corrected chi connectivity index (χ0v) is 14.6. The van der Waals surface area contributed by atoms with Gasteiger partial charge in [-0.05, 0) is 47.6 Å². The van der Waals surface area contributed by atoms with Crippen LogP contribution in [0, 0.1) is 5.92 Å². The molecule has 2 heteroatoms. The zero-order chi connectivity index (χ0) is 15.2. The largest absolute Gasteiger partial charge is 0.497 e. The van der Waals surface area contributed by atoms with Gasteiger partial charge in [-0.2, -0.15) is 0 Å². The molecule has 112 valence electrons. The Morgan fingerprint density at radius 2 is 1.38 bits per heavy atom. The molecule has 2 aromatic carbocycles. The third-order valence-electron chi connectivity index (χ3n) is 3.56. The summed E-state index contributed by atoms with van der Waals surface area (Å²) >= 11 is 3.80. The van der Waals surface area contributed by atoms with Crippen molar-refractivity contribution >= 4 is 15.9 Å². The van der Waals surface area contributed by atoms with E-state index < -0.39 is 0 Å². The van der Waals surface area contributed by atoms with E-state index in [1.807, 2.05) is 12.1 Å². The number of hydrogen-bond acceptors (Lipinski definition) is 1. The van der Waals surface area contributed by atoms with Crippen molar-refractivity contribution < 1.29 is 4.74 Å². The summed E-state index contributed by atoms with van der Waals surface area (Å²) in [5.41, 5.74) is 4.06. The van der Waals surface area contributed by atoms with Crippen molar-refractivity contribution in [2.24, 2.45) is 5.92 Å². The number of halogens is 1. The van der Waals surface area contributed by atoms with Gasteiger partial charge in [0.25, 0.3) is 0 Å². The highest BCUT2D eigenvalue weighted by molar-refractivity contribution is 9.09. The van der Waals surface area contributed by atoms with Crippen LogP contribution >= 0.6 is 15.9 Å². The van der Waals surface area contributed by atoms with E-state index in [-0.39, 0.29) is 0 Å². The first-order chi connectivity index (χ1) is 10.1. The lowest BCUT2D eigenvalue weighted by molar-refractivity contribution is 0.414. The molecule has 0 aromatic heterocycles. The number of alkyl halides is 1. The summed E-state index contributed by atoms with van der Waals surface area (Å²) in [4.78, 5) is 0.346. The van der Waals surface area contributed by atoms with Gasteiger partial charge in [0, 0.05) is 4.83 Å². The van der Waals surface area contributed by atoms with E-state index in [2.05, 4.69) is 66.2 Å². The molecule has 0 aliphatic heterocycles. The van der Waals surface area contributed by atoms with Crippen molar-refractivity contribution in [1.29, 1.82) is 0 Å². The standard InChI is InChI=1S/C19H23BrO/c1-14(2)12-15-4-8-17(9-5-15)19(20)13-16-6-10-18(21-3)11-7-16/h4-11,14,19H,12-13H2,1-3H3. The second-order valence-electron chi connectivity index (χ2n) is 5.86. The second-order valence-corrected chi connectivity index (χ2v) is 6.96. The molecule has 0 aliphatic rings. The van der Waals surface area contributed by atoms with Gasteiger partial charge in [-0.15, -0.1) is 0 Å². The molecular formula is C19H23BrO. The molecule has 0 spiro atoms. The molecule has 1 atom stereocenters. The highest BCUT2D eigenvalue weighted by Gasteiger charge is 2.09. The smallest absolute Gasteiger partial charge is 0.118 e. The van der Waals surface area contributed by atoms with E-state index in [0.29, 0.717) is 10.7 Å². The van der Waals surface area contributed by atoms with E-state index in [1.54, 1.807) is 7.11 Å². The van der Waals surface area contributed by atoms with Gasteiger partial charge in [0.05, 0.1) is 7.11 Å². The molecule has 0 amide bonds. The van der Waals surface area contributed by atoms with Crippen LogP contribution in [-0.4, -0.2) is 7.11 Å². The lowest BCUT2D eigenvalue weighted by atomic mass is 9.99. The minimum atomic E-state index is 0.346. The van der Waals surface area contributed by atoms with Crippen LogP contribution in [0.5, 0.6) is 5.75 Å². The monoisotopic (exact) mass is 346 g/mol. The highest BCUT2D eigenvalue weighted by Crippen LogP contribution is 2.28. The predicted octanol–water partition coefficient (Wildman–Crippen LogP) is 5.57. The number of ether oxygens (including phenoxy) is 1. The van der Waals surface area contributed by atoms with Crippen molar-refractivity contribution in [3.05, 3.63) is 65.2 Å². The van der Waals surface area contributed by atoms with Gasteiger partial charge in [-0.1, -0.05) is 66.2 Å². The number of hydrogen-bond donors (Lipinski definition) is 0. The normalized spacial score (nSPS) is 12.4. The highest BCUT2D eigenvalue weighted by atomic mass is 79.9. The molecule has 0 bridgehead atoms. The zero-order valence-electron chi connectivity index (χ0n) is 13.0. The molecule has 0 saturated carbocycles. The van der Waals surface area contributed by atoms with Crippen LogP contribution in [-0.2, 0) is 12.8 Å². The van der Waals surface area contributed by atoms with Gasteiger partial charge in [0.15, 0.2) is 0 Å². The molecule has 0 radical (unpaired) electrons. The molecule has 0 aliphatic carbocycles. The van der Waals surface area contributed by atoms with Crippen molar-refractivity contribution in [1.82, 2.24) is 0 Å². The van der Waals surface area contributed by atoms with Crippen molar-refractivity contribution in [2.75, 3.05) is 7.11 Å². The first kappa shape index (κ1) is 16.1. The maximum atomic E-state index is 5.19. The van der Waals surface area contributed by atoms with E-state index in [0.717, 1.165) is 18.6 Å². The Labute approximate surface area is 136 Å². The van der Waals surface area contributed by atoms with Crippen LogP contribution < -0.4 is 4.74 Å². The van der Waals surface area contributed by atoms with Crippen LogP contribution in [0.2, 0.25) is 0 Å². The SMILES string of the molecule is COc1ccc(CC(Br)c2ccc(CC(C)C)cc2)cc1. The fraction of sp³-hybridized carbons (Fsp3) is 0.368. The minimum Gasteiger partial charge on any atom is -0.497 e. The lowest BCUT2D eigenvalue weighted by Crippen LogP contribution is -1.98. The second kappa shape index (κ2) is 7.65. The molecule has 0 saturated heterocycles. The maximum Gasteiger partial charge on any atom is 0.118 e. The quantitative estimate of drug-likeness (QED) is 0.621. The number of rotatable bonds is 6. The van der Waals surface area contributed by atoms with Crippen LogP contribution in [0.4, 0.5) is 0 Å². The van der Waals surface area contributed by atoms with Crippen molar-refractivity contribution in [3.8, 4) is 5.75 Å². The summed E-state index contributed by atoms with van der Waals surface area (Å²) < 4.78 is 5.19. The first-order valence-electron chi connectivity index (χ1n) is 7.44. The Balaban J connectivity index is 2.00. The summed E-state index contributed by atoms with van der Waals surface area (Å²) in [6.07, 6.45) is 2.12. The maximum absolute atomic E-state index is 5.19. The Kier molecular flexibility index (Phi) is 5.86. The van der Waals surface area contributed by atoms with Gasteiger partial charge < -0.3 is 4.74 Å². The van der Waals surface area contributed by atoms with Crippen LogP contribution in [0.15, 0.2) is 48.5 Å². The molecule has 1 nitrogen and oxygen atoms in total. The molecule has 21 heavy (non-hydrogen) atoms. The minimum absolute atomic E-state index is 0.346. The van der Waals surface area contributed by atoms with Crippen LogP contribution in [0.3, 0.4) is 0 Å². The fourth-order valence-corrected chi connectivity index (χ4v) is 3.10. The molecule has 0 fully saturated rings. The average molecular weight is 347 g/mol. The van der Waals surface area contributed by atoms with E-state index in [9.17, 15) is 0 Å². The van der Waals surface area contributed by atoms with Crippen LogP contribution in [0.25, 0.3) is 0 Å². The molecule has 2 aromatic rings. The molecular weight excluding hydrogens is 324 g/mol. The third kappa shape index (κ3) is 4.89. The Hall–Kier alpha value is -1.28. The molecule has 0 heterocycles. The molecule has 2 rings (SSSR count). The van der Waals surface area contributed by atoms with E-state index in [4.69, 9.17) is 4.74 Å². The van der Waals surface area contributed by atoms with Crippen LogP contribution in [0.1, 0.15) is 35.4 Å². The summed E-state index contributed by atoms with van der Waals surface area (Å²) in [6.45, 7) is 4.51. The van der Waals surface area contributed by atoms with Crippen molar-refractivity contribution in [3.63, 3.8) is 0 Å². The summed E-state index contributed by atoms with van der Waals surface area (Å²) in [6, 6.07) is 17.2. The third-order valence-corrected chi connectivity index (χ3v) is 4.41. The van der Waals surface area contributed by atoms with Gasteiger partial charge in [0.1, 0.15) is 5.75 Å². The Bertz CT molecular complexity index is 543. The first-order valence-corrected chi connectivity index (χ1v) is 8.36. The number of benzene rings is 2. The van der Waals surface area contributed by atoms with E-state index in [1.165, 1.54) is 16.7 Å². The average Bonchev–Trinajstić information content (AvgIpc) is 2.48. The number of methoxy groups -OCH3 is 1. The molecule has 1 unspecified atom stereocenters. The van der Waals surface area contributed by atoms with E-state index >= 15 is 0 Å². The topological polar surface area (TPSA) is 9.23 Å². The molecule has 0 N–H and O–H groups in total. The van der Waals surface area contributed by atoms with Crippen molar-refractivity contribution in [2.45, 2.75) is 31.5 Å².